The highest BCUT2D eigenvalue weighted by Crippen LogP contribution is 2.18. The standard InChI is InChI=1S/C17H24FNO3/c1-2-17(21)22-12-13-7-9-19(10-8-13)11-16(20)14-3-5-15(18)6-4-14/h3-6,13,17,21H,2,7-12H2,1H3. The number of ether oxygens (including phenoxy) is 1. The van der Waals surface area contributed by atoms with Gasteiger partial charge in [0.25, 0.3) is 0 Å². The second-order valence-corrected chi connectivity index (χ2v) is 5.85. The van der Waals surface area contributed by atoms with E-state index in [2.05, 4.69) is 4.90 Å². The summed E-state index contributed by atoms with van der Waals surface area (Å²) in [7, 11) is 0. The smallest absolute Gasteiger partial charge is 0.176 e. The number of nitrogens with zero attached hydrogens (tertiary/aromatic N) is 1. The maximum atomic E-state index is 12.9. The van der Waals surface area contributed by atoms with Crippen molar-refractivity contribution in [3.63, 3.8) is 0 Å². The van der Waals surface area contributed by atoms with Gasteiger partial charge in [0.1, 0.15) is 5.82 Å². The summed E-state index contributed by atoms with van der Waals surface area (Å²) >= 11 is 0. The van der Waals surface area contributed by atoms with E-state index in [1.54, 1.807) is 0 Å². The number of piperidine rings is 1. The zero-order valence-corrected chi connectivity index (χ0v) is 13.0. The van der Waals surface area contributed by atoms with Crippen LogP contribution in [-0.2, 0) is 4.74 Å². The molecule has 1 aromatic carbocycles. The molecule has 0 spiro atoms. The van der Waals surface area contributed by atoms with Crippen LogP contribution in [0.2, 0.25) is 0 Å². The minimum atomic E-state index is -0.668. The molecule has 0 aromatic heterocycles. The molecule has 0 bridgehead atoms. The number of Topliss-reactive ketones (excluding diaryl/α,β-unsaturated/α-hetero) is 1. The third kappa shape index (κ3) is 5.16. The summed E-state index contributed by atoms with van der Waals surface area (Å²) in [5.74, 6) is 0.140. The molecule has 1 aliphatic rings. The van der Waals surface area contributed by atoms with Crippen LogP contribution in [-0.4, -0.2) is 48.3 Å². The second-order valence-electron chi connectivity index (χ2n) is 5.85. The van der Waals surface area contributed by atoms with Crippen LogP contribution in [0.1, 0.15) is 36.5 Å². The molecule has 1 aromatic rings. The molecule has 1 aliphatic heterocycles. The summed E-state index contributed by atoms with van der Waals surface area (Å²) in [5, 5.41) is 9.40. The number of benzene rings is 1. The van der Waals surface area contributed by atoms with Crippen LogP contribution in [0.15, 0.2) is 24.3 Å². The second kappa shape index (κ2) is 8.36. The van der Waals surface area contributed by atoms with Crippen molar-refractivity contribution in [3.05, 3.63) is 35.6 Å². The van der Waals surface area contributed by atoms with Crippen LogP contribution in [0.4, 0.5) is 4.39 Å². The van der Waals surface area contributed by atoms with Crippen molar-refractivity contribution < 1.29 is 19.0 Å². The summed E-state index contributed by atoms with van der Waals surface area (Å²) in [6.07, 6.45) is 1.86. The Morgan fingerprint density at radius 1 is 1.36 bits per heavy atom. The molecule has 4 nitrogen and oxygen atoms in total. The lowest BCUT2D eigenvalue weighted by Gasteiger charge is -2.31. The van der Waals surface area contributed by atoms with Crippen molar-refractivity contribution in [2.24, 2.45) is 5.92 Å². The van der Waals surface area contributed by atoms with Crippen molar-refractivity contribution >= 4 is 5.78 Å². The number of likely N-dealkylation sites (tertiary alicyclic amines) is 1. The predicted octanol–water partition coefficient (Wildman–Crippen LogP) is 2.47. The topological polar surface area (TPSA) is 49.8 Å². The zero-order valence-electron chi connectivity index (χ0n) is 13.0. The quantitative estimate of drug-likeness (QED) is 0.621. The number of rotatable bonds is 7. The molecule has 0 saturated carbocycles. The van der Waals surface area contributed by atoms with E-state index in [9.17, 15) is 14.3 Å². The number of aliphatic hydroxyl groups is 1. The van der Waals surface area contributed by atoms with Gasteiger partial charge in [0, 0.05) is 5.56 Å². The molecular weight excluding hydrogens is 285 g/mol. The number of ketones is 1. The van der Waals surface area contributed by atoms with Crippen LogP contribution in [0.25, 0.3) is 0 Å². The summed E-state index contributed by atoms with van der Waals surface area (Å²) in [6.45, 7) is 4.53. The molecule has 1 N–H and O–H groups in total. The fourth-order valence-corrected chi connectivity index (χ4v) is 2.61. The van der Waals surface area contributed by atoms with Crippen molar-refractivity contribution in [1.29, 1.82) is 0 Å². The summed E-state index contributed by atoms with van der Waals surface area (Å²) < 4.78 is 18.2. The van der Waals surface area contributed by atoms with Gasteiger partial charge in [-0.15, -0.1) is 0 Å². The van der Waals surface area contributed by atoms with Crippen LogP contribution in [0.3, 0.4) is 0 Å². The highest BCUT2D eigenvalue weighted by atomic mass is 19.1. The number of carbonyl (C=O) groups is 1. The molecule has 1 atom stereocenters. The summed E-state index contributed by atoms with van der Waals surface area (Å²) in [4.78, 5) is 14.3. The van der Waals surface area contributed by atoms with Gasteiger partial charge in [-0.25, -0.2) is 4.39 Å². The highest BCUT2D eigenvalue weighted by Gasteiger charge is 2.22. The summed E-state index contributed by atoms with van der Waals surface area (Å²) in [6, 6.07) is 5.69. The van der Waals surface area contributed by atoms with E-state index in [1.807, 2.05) is 6.92 Å². The molecule has 122 valence electrons. The molecule has 5 heteroatoms. The third-order valence-corrected chi connectivity index (χ3v) is 4.11. The van der Waals surface area contributed by atoms with Gasteiger partial charge in [-0.3, -0.25) is 9.69 Å². The zero-order chi connectivity index (χ0) is 15.9. The van der Waals surface area contributed by atoms with E-state index < -0.39 is 6.29 Å². The number of aliphatic hydroxyl groups excluding tert-OH is 1. The Morgan fingerprint density at radius 2 is 2.00 bits per heavy atom. The van der Waals surface area contributed by atoms with Gasteiger partial charge in [-0.1, -0.05) is 6.92 Å². The normalized spacial score (nSPS) is 18.3. The Kier molecular flexibility index (Phi) is 6.49. The Bertz CT molecular complexity index is 469. The monoisotopic (exact) mass is 309 g/mol. The molecule has 1 unspecified atom stereocenters. The molecule has 0 radical (unpaired) electrons. The SMILES string of the molecule is CCC(O)OCC1CCN(CC(=O)c2ccc(F)cc2)CC1. The Labute approximate surface area is 130 Å². The van der Waals surface area contributed by atoms with Crippen molar-refractivity contribution in [1.82, 2.24) is 4.90 Å². The fourth-order valence-electron chi connectivity index (χ4n) is 2.61. The molecule has 22 heavy (non-hydrogen) atoms. The van der Waals surface area contributed by atoms with Crippen molar-refractivity contribution in [2.75, 3.05) is 26.2 Å². The first-order valence-corrected chi connectivity index (χ1v) is 7.89. The Morgan fingerprint density at radius 3 is 2.59 bits per heavy atom. The van der Waals surface area contributed by atoms with E-state index >= 15 is 0 Å². The van der Waals surface area contributed by atoms with E-state index in [0.29, 0.717) is 31.1 Å². The van der Waals surface area contributed by atoms with Gasteiger partial charge in [-0.2, -0.15) is 0 Å². The van der Waals surface area contributed by atoms with Gasteiger partial charge >= 0.3 is 0 Å². The van der Waals surface area contributed by atoms with Crippen molar-refractivity contribution in [3.8, 4) is 0 Å². The predicted molar refractivity (Wildman–Crippen MR) is 82.1 cm³/mol. The van der Waals surface area contributed by atoms with Crippen molar-refractivity contribution in [2.45, 2.75) is 32.5 Å². The molecule has 0 aliphatic carbocycles. The molecule has 1 saturated heterocycles. The average molecular weight is 309 g/mol. The van der Waals surface area contributed by atoms with Crippen LogP contribution >= 0.6 is 0 Å². The number of hydrogen-bond donors (Lipinski definition) is 1. The van der Waals surface area contributed by atoms with Gasteiger partial charge in [-0.05, 0) is 62.5 Å². The Hall–Kier alpha value is -1.30. The fraction of sp³-hybridized carbons (Fsp3) is 0.588. The third-order valence-electron chi connectivity index (χ3n) is 4.11. The first-order chi connectivity index (χ1) is 10.6. The summed E-state index contributed by atoms with van der Waals surface area (Å²) in [5.41, 5.74) is 0.554. The number of hydrogen-bond acceptors (Lipinski definition) is 4. The van der Waals surface area contributed by atoms with E-state index in [4.69, 9.17) is 4.74 Å². The minimum absolute atomic E-state index is 0.0242. The first kappa shape index (κ1) is 17.1. The van der Waals surface area contributed by atoms with Gasteiger partial charge in [0.2, 0.25) is 0 Å². The lowest BCUT2D eigenvalue weighted by molar-refractivity contribution is -0.114. The van der Waals surface area contributed by atoms with Crippen LogP contribution in [0, 0.1) is 11.7 Å². The maximum Gasteiger partial charge on any atom is 0.176 e. The lowest BCUT2D eigenvalue weighted by Crippen LogP contribution is -2.38. The van der Waals surface area contributed by atoms with Gasteiger partial charge in [0.05, 0.1) is 13.2 Å². The van der Waals surface area contributed by atoms with Crippen LogP contribution in [0.5, 0.6) is 0 Å². The van der Waals surface area contributed by atoms with E-state index in [0.717, 1.165) is 25.9 Å². The largest absolute Gasteiger partial charge is 0.368 e. The molecular formula is C17H24FNO3. The van der Waals surface area contributed by atoms with Crippen LogP contribution < -0.4 is 0 Å². The van der Waals surface area contributed by atoms with Gasteiger partial charge < -0.3 is 9.84 Å². The molecule has 2 rings (SSSR count). The number of halogens is 1. The van der Waals surface area contributed by atoms with Gasteiger partial charge in [0.15, 0.2) is 12.1 Å². The molecule has 1 heterocycles. The average Bonchev–Trinajstić information content (AvgIpc) is 2.54. The number of carbonyl (C=O) groups excluding carboxylic acids is 1. The maximum absolute atomic E-state index is 12.9. The van der Waals surface area contributed by atoms with E-state index in [1.165, 1.54) is 24.3 Å². The highest BCUT2D eigenvalue weighted by molar-refractivity contribution is 5.97. The Balaban J connectivity index is 1.73. The molecule has 1 fully saturated rings. The minimum Gasteiger partial charge on any atom is -0.368 e. The lowest BCUT2D eigenvalue weighted by atomic mass is 9.97. The first-order valence-electron chi connectivity index (χ1n) is 7.89. The van der Waals surface area contributed by atoms with E-state index in [-0.39, 0.29) is 11.6 Å². The molecule has 0 amide bonds.